The summed E-state index contributed by atoms with van der Waals surface area (Å²) in [5, 5.41) is 11.0. The van der Waals surface area contributed by atoms with E-state index >= 15 is 0 Å². The van der Waals surface area contributed by atoms with Gasteiger partial charge in [-0.05, 0) is 19.3 Å². The molecule has 0 spiro atoms. The van der Waals surface area contributed by atoms with Crippen LogP contribution in [0, 0.1) is 5.92 Å². The van der Waals surface area contributed by atoms with E-state index in [4.69, 9.17) is 10.8 Å². The van der Waals surface area contributed by atoms with Gasteiger partial charge in [0.2, 0.25) is 5.91 Å². The first kappa shape index (κ1) is 12.8. The van der Waals surface area contributed by atoms with Crippen molar-refractivity contribution >= 4 is 12.0 Å². The summed E-state index contributed by atoms with van der Waals surface area (Å²) in [7, 11) is 3.44. The normalized spacial score (nSPS) is 29.6. The third-order valence-electron chi connectivity index (χ3n) is 3.00. The molecule has 2 amide bonds. The zero-order chi connectivity index (χ0) is 12.3. The molecule has 1 fully saturated rings. The van der Waals surface area contributed by atoms with Gasteiger partial charge < -0.3 is 21.1 Å². The van der Waals surface area contributed by atoms with Crippen LogP contribution in [0.15, 0.2) is 0 Å². The van der Waals surface area contributed by atoms with Gasteiger partial charge in [0, 0.05) is 32.1 Å². The predicted octanol–water partition coefficient (Wildman–Crippen LogP) is -0.162. The van der Waals surface area contributed by atoms with E-state index in [1.54, 1.807) is 19.0 Å². The third-order valence-corrected chi connectivity index (χ3v) is 3.00. The highest BCUT2D eigenvalue weighted by Crippen LogP contribution is 2.24. The average molecular weight is 229 g/mol. The zero-order valence-electron chi connectivity index (χ0n) is 9.64. The van der Waals surface area contributed by atoms with Gasteiger partial charge in [-0.1, -0.05) is 0 Å². The second kappa shape index (κ2) is 5.16. The van der Waals surface area contributed by atoms with E-state index in [0.717, 1.165) is 0 Å². The fourth-order valence-corrected chi connectivity index (χ4v) is 2.13. The van der Waals surface area contributed by atoms with Crippen LogP contribution >= 0.6 is 0 Å². The molecule has 6 nitrogen and oxygen atoms in total. The Morgan fingerprint density at radius 2 is 2.00 bits per heavy atom. The maximum Gasteiger partial charge on any atom is 0.404 e. The maximum atomic E-state index is 11.7. The van der Waals surface area contributed by atoms with Gasteiger partial charge in [-0.2, -0.15) is 0 Å². The summed E-state index contributed by atoms with van der Waals surface area (Å²) in [6, 6.07) is -0.512. The van der Waals surface area contributed by atoms with Crippen molar-refractivity contribution in [1.82, 2.24) is 10.2 Å². The highest BCUT2D eigenvalue weighted by Gasteiger charge is 2.33. The number of hydrogen-bond donors (Lipinski definition) is 3. The molecule has 1 aliphatic rings. The quantitative estimate of drug-likeness (QED) is 0.613. The topological polar surface area (TPSA) is 95.7 Å². The molecular formula is C10H19N3O3. The monoisotopic (exact) mass is 229 g/mol. The number of hydrogen-bond acceptors (Lipinski definition) is 3. The second-order valence-electron chi connectivity index (χ2n) is 4.46. The lowest BCUT2D eigenvalue weighted by atomic mass is 9.82. The van der Waals surface area contributed by atoms with E-state index < -0.39 is 6.09 Å². The van der Waals surface area contributed by atoms with E-state index in [9.17, 15) is 9.59 Å². The van der Waals surface area contributed by atoms with Crippen molar-refractivity contribution < 1.29 is 14.7 Å². The van der Waals surface area contributed by atoms with Crippen molar-refractivity contribution in [3.8, 4) is 0 Å². The van der Waals surface area contributed by atoms with Gasteiger partial charge in [-0.25, -0.2) is 4.79 Å². The molecular weight excluding hydrogens is 210 g/mol. The molecule has 6 heteroatoms. The minimum absolute atomic E-state index is 0.0724. The fraction of sp³-hybridized carbons (Fsp3) is 0.800. The number of rotatable bonds is 2. The van der Waals surface area contributed by atoms with Crippen LogP contribution in [0.2, 0.25) is 0 Å². The van der Waals surface area contributed by atoms with Crippen molar-refractivity contribution in [2.75, 3.05) is 14.1 Å². The molecule has 0 aromatic rings. The van der Waals surface area contributed by atoms with Crippen molar-refractivity contribution in [1.29, 1.82) is 0 Å². The molecule has 3 atom stereocenters. The SMILES string of the molecule is CN(C)C(=O)C1CC[C@H](NC(=O)O)[C@H](N)C1. The van der Waals surface area contributed by atoms with Crippen molar-refractivity contribution in [3.05, 3.63) is 0 Å². The van der Waals surface area contributed by atoms with E-state index in [1.807, 2.05) is 0 Å². The Morgan fingerprint density at radius 1 is 1.38 bits per heavy atom. The van der Waals surface area contributed by atoms with Crippen LogP contribution in [-0.4, -0.2) is 48.2 Å². The fourth-order valence-electron chi connectivity index (χ4n) is 2.13. The van der Waals surface area contributed by atoms with Gasteiger partial charge >= 0.3 is 6.09 Å². The largest absolute Gasteiger partial charge is 0.465 e. The van der Waals surface area contributed by atoms with Gasteiger partial charge in [0.1, 0.15) is 0 Å². The Kier molecular flexibility index (Phi) is 4.12. The Bertz CT molecular complexity index is 280. The Balaban J connectivity index is 2.51. The number of nitrogens with zero attached hydrogens (tertiary/aromatic N) is 1. The van der Waals surface area contributed by atoms with Gasteiger partial charge in [0.05, 0.1) is 0 Å². The van der Waals surface area contributed by atoms with Crippen LogP contribution in [0.5, 0.6) is 0 Å². The third kappa shape index (κ3) is 3.10. The van der Waals surface area contributed by atoms with Crippen LogP contribution in [0.4, 0.5) is 4.79 Å². The Hall–Kier alpha value is -1.30. The summed E-state index contributed by atoms with van der Waals surface area (Å²) < 4.78 is 0. The van der Waals surface area contributed by atoms with Crippen molar-refractivity contribution in [2.45, 2.75) is 31.3 Å². The van der Waals surface area contributed by atoms with Gasteiger partial charge in [0.25, 0.3) is 0 Å². The lowest BCUT2D eigenvalue weighted by molar-refractivity contribution is -0.134. The molecule has 1 unspecified atom stereocenters. The summed E-state index contributed by atoms with van der Waals surface area (Å²) in [5.41, 5.74) is 5.86. The number of carbonyl (C=O) groups is 2. The van der Waals surface area contributed by atoms with Crippen molar-refractivity contribution in [3.63, 3.8) is 0 Å². The second-order valence-corrected chi connectivity index (χ2v) is 4.46. The summed E-state index contributed by atoms with van der Waals surface area (Å²) in [4.78, 5) is 23.8. The molecule has 0 saturated heterocycles. The minimum Gasteiger partial charge on any atom is -0.465 e. The molecule has 0 radical (unpaired) electrons. The number of carboxylic acid groups (broad SMARTS) is 1. The molecule has 0 bridgehead atoms. The highest BCUT2D eigenvalue weighted by atomic mass is 16.4. The molecule has 1 saturated carbocycles. The molecule has 1 rings (SSSR count). The number of amides is 2. The number of carbonyl (C=O) groups excluding carboxylic acids is 1. The minimum atomic E-state index is -1.06. The van der Waals surface area contributed by atoms with E-state index in [2.05, 4.69) is 5.32 Å². The maximum absolute atomic E-state index is 11.7. The first-order valence-electron chi connectivity index (χ1n) is 5.38. The Labute approximate surface area is 94.8 Å². The van der Waals surface area contributed by atoms with E-state index in [0.29, 0.717) is 19.3 Å². The van der Waals surface area contributed by atoms with E-state index in [-0.39, 0.29) is 23.9 Å². The summed E-state index contributed by atoms with van der Waals surface area (Å²) >= 11 is 0. The summed E-state index contributed by atoms with van der Waals surface area (Å²) in [6.45, 7) is 0. The zero-order valence-corrected chi connectivity index (χ0v) is 9.64. The van der Waals surface area contributed by atoms with Crippen LogP contribution in [0.3, 0.4) is 0 Å². The summed E-state index contributed by atoms with van der Waals surface area (Å²) in [5.74, 6) is 0.000991. The van der Waals surface area contributed by atoms with Crippen LogP contribution < -0.4 is 11.1 Å². The standard InChI is InChI=1S/C10H19N3O3/c1-13(2)9(14)6-3-4-8(7(11)5-6)12-10(15)16/h6-8,12H,3-5,11H2,1-2H3,(H,15,16)/t6?,7-,8+/m1/s1. The smallest absolute Gasteiger partial charge is 0.404 e. The average Bonchev–Trinajstić information content (AvgIpc) is 2.19. The molecule has 16 heavy (non-hydrogen) atoms. The van der Waals surface area contributed by atoms with Crippen LogP contribution in [0.25, 0.3) is 0 Å². The first-order chi connectivity index (χ1) is 7.41. The predicted molar refractivity (Wildman–Crippen MR) is 59.0 cm³/mol. The van der Waals surface area contributed by atoms with Crippen LogP contribution in [-0.2, 0) is 4.79 Å². The molecule has 4 N–H and O–H groups in total. The molecule has 92 valence electrons. The molecule has 0 heterocycles. The molecule has 1 aliphatic carbocycles. The molecule has 0 aromatic carbocycles. The van der Waals surface area contributed by atoms with Gasteiger partial charge in [-0.15, -0.1) is 0 Å². The van der Waals surface area contributed by atoms with Gasteiger partial charge in [0.15, 0.2) is 0 Å². The van der Waals surface area contributed by atoms with Crippen LogP contribution in [0.1, 0.15) is 19.3 Å². The molecule has 0 aliphatic heterocycles. The first-order valence-corrected chi connectivity index (χ1v) is 5.38. The number of nitrogens with one attached hydrogen (secondary N) is 1. The summed E-state index contributed by atoms with van der Waals surface area (Å²) in [6.07, 6.45) is 0.799. The lowest BCUT2D eigenvalue weighted by Gasteiger charge is -2.34. The van der Waals surface area contributed by atoms with E-state index in [1.165, 1.54) is 0 Å². The molecule has 0 aromatic heterocycles. The van der Waals surface area contributed by atoms with Gasteiger partial charge in [-0.3, -0.25) is 4.79 Å². The number of nitrogens with two attached hydrogens (primary N) is 1. The van der Waals surface area contributed by atoms with Crippen molar-refractivity contribution in [2.24, 2.45) is 11.7 Å². The lowest BCUT2D eigenvalue weighted by Crippen LogP contribution is -2.52. The highest BCUT2D eigenvalue weighted by molar-refractivity contribution is 5.78. The Morgan fingerprint density at radius 3 is 2.44 bits per heavy atom.